The minimum atomic E-state index is -1.19. The van der Waals surface area contributed by atoms with E-state index in [4.69, 9.17) is 9.47 Å². The summed E-state index contributed by atoms with van der Waals surface area (Å²) in [6.45, 7) is 5.47. The summed E-state index contributed by atoms with van der Waals surface area (Å²) in [7, 11) is 0. The first kappa shape index (κ1) is 21.4. The monoisotopic (exact) mass is 418 g/mol. The second-order valence-electron chi connectivity index (χ2n) is 7.38. The van der Waals surface area contributed by atoms with Gasteiger partial charge in [0.15, 0.2) is 11.5 Å². The van der Waals surface area contributed by atoms with Crippen LogP contribution < -0.4 is 20.1 Å². The SMILES string of the molecule is CCNC(=O)CN(CC)C(=O)CN1C(=O)N[C@](C)(Cc2ccc3c(c2)OCO3)C1=O. The summed E-state index contributed by atoms with van der Waals surface area (Å²) in [4.78, 5) is 52.0. The van der Waals surface area contributed by atoms with Crippen molar-refractivity contribution in [2.24, 2.45) is 0 Å². The number of carbonyl (C=O) groups excluding carboxylic acids is 4. The Balaban J connectivity index is 1.67. The second kappa shape index (κ2) is 8.60. The number of amides is 5. The molecule has 2 aliphatic heterocycles. The van der Waals surface area contributed by atoms with Crippen LogP contribution in [0.5, 0.6) is 11.5 Å². The van der Waals surface area contributed by atoms with Crippen molar-refractivity contribution in [3.8, 4) is 11.5 Å². The van der Waals surface area contributed by atoms with Crippen molar-refractivity contribution < 1.29 is 28.7 Å². The molecule has 0 unspecified atom stereocenters. The van der Waals surface area contributed by atoms with E-state index in [2.05, 4.69) is 10.6 Å². The number of rotatable bonds is 8. The molecule has 2 aliphatic rings. The molecule has 30 heavy (non-hydrogen) atoms. The summed E-state index contributed by atoms with van der Waals surface area (Å²) >= 11 is 0. The number of hydrogen-bond acceptors (Lipinski definition) is 6. The lowest BCUT2D eigenvalue weighted by molar-refractivity contribution is -0.140. The van der Waals surface area contributed by atoms with Crippen LogP contribution in [0.25, 0.3) is 0 Å². The van der Waals surface area contributed by atoms with Gasteiger partial charge in [0.2, 0.25) is 18.6 Å². The van der Waals surface area contributed by atoms with E-state index in [9.17, 15) is 19.2 Å². The molecule has 2 heterocycles. The molecule has 0 bridgehead atoms. The summed E-state index contributed by atoms with van der Waals surface area (Å²) in [5, 5.41) is 5.31. The molecule has 5 amide bonds. The predicted molar refractivity (Wildman–Crippen MR) is 106 cm³/mol. The Hall–Kier alpha value is -3.30. The molecule has 0 aliphatic carbocycles. The Morgan fingerprint density at radius 1 is 1.23 bits per heavy atom. The van der Waals surface area contributed by atoms with Gasteiger partial charge in [0, 0.05) is 19.5 Å². The fourth-order valence-corrected chi connectivity index (χ4v) is 3.51. The molecule has 1 aromatic carbocycles. The molecule has 1 aromatic rings. The number of imide groups is 1. The third-order valence-corrected chi connectivity index (χ3v) is 5.08. The maximum atomic E-state index is 13.0. The lowest BCUT2D eigenvalue weighted by Crippen LogP contribution is -2.48. The number of urea groups is 1. The zero-order valence-electron chi connectivity index (χ0n) is 17.3. The van der Waals surface area contributed by atoms with Crippen molar-refractivity contribution >= 4 is 23.8 Å². The van der Waals surface area contributed by atoms with Crippen LogP contribution in [-0.2, 0) is 20.8 Å². The quantitative estimate of drug-likeness (QED) is 0.585. The van der Waals surface area contributed by atoms with Gasteiger partial charge in [0.1, 0.15) is 12.1 Å². The first-order valence-electron chi connectivity index (χ1n) is 9.84. The van der Waals surface area contributed by atoms with Gasteiger partial charge in [0.25, 0.3) is 5.91 Å². The molecule has 162 valence electrons. The molecular weight excluding hydrogens is 392 g/mol. The van der Waals surface area contributed by atoms with Gasteiger partial charge >= 0.3 is 6.03 Å². The number of hydrogen-bond donors (Lipinski definition) is 2. The van der Waals surface area contributed by atoms with Crippen molar-refractivity contribution in [3.05, 3.63) is 23.8 Å². The second-order valence-corrected chi connectivity index (χ2v) is 7.38. The van der Waals surface area contributed by atoms with E-state index in [1.54, 1.807) is 39.0 Å². The Bertz CT molecular complexity index is 873. The molecule has 3 rings (SSSR count). The van der Waals surface area contributed by atoms with Gasteiger partial charge < -0.3 is 25.0 Å². The number of benzene rings is 1. The number of ether oxygens (including phenoxy) is 2. The molecule has 1 fully saturated rings. The van der Waals surface area contributed by atoms with Crippen LogP contribution in [-0.4, -0.2) is 72.1 Å². The summed E-state index contributed by atoms with van der Waals surface area (Å²) in [5.74, 6) is -0.0433. The number of fused-ring (bicyclic) bond motifs is 1. The van der Waals surface area contributed by atoms with Crippen LogP contribution >= 0.6 is 0 Å². The van der Waals surface area contributed by atoms with Crippen molar-refractivity contribution in [1.82, 2.24) is 20.4 Å². The Morgan fingerprint density at radius 3 is 2.67 bits per heavy atom. The van der Waals surface area contributed by atoms with Crippen molar-refractivity contribution in [2.75, 3.05) is 33.0 Å². The highest BCUT2D eigenvalue weighted by Gasteiger charge is 2.48. The topological polar surface area (TPSA) is 117 Å². The van der Waals surface area contributed by atoms with Gasteiger partial charge in [-0.1, -0.05) is 6.07 Å². The van der Waals surface area contributed by atoms with Gasteiger partial charge in [-0.15, -0.1) is 0 Å². The van der Waals surface area contributed by atoms with Gasteiger partial charge in [-0.2, -0.15) is 0 Å². The van der Waals surface area contributed by atoms with Gasteiger partial charge in [0.05, 0.1) is 6.54 Å². The van der Waals surface area contributed by atoms with Crippen molar-refractivity contribution in [1.29, 1.82) is 0 Å². The average molecular weight is 418 g/mol. The van der Waals surface area contributed by atoms with E-state index >= 15 is 0 Å². The van der Waals surface area contributed by atoms with Crippen LogP contribution in [0, 0.1) is 0 Å². The van der Waals surface area contributed by atoms with E-state index < -0.39 is 29.9 Å². The first-order valence-corrected chi connectivity index (χ1v) is 9.84. The minimum Gasteiger partial charge on any atom is -0.454 e. The van der Waals surface area contributed by atoms with E-state index in [0.717, 1.165) is 10.5 Å². The largest absolute Gasteiger partial charge is 0.454 e. The van der Waals surface area contributed by atoms with Crippen LogP contribution in [0.15, 0.2) is 18.2 Å². The summed E-state index contributed by atoms with van der Waals surface area (Å²) in [6.07, 6.45) is 0.231. The molecule has 10 nitrogen and oxygen atoms in total. The zero-order valence-corrected chi connectivity index (χ0v) is 17.3. The fraction of sp³-hybridized carbons (Fsp3) is 0.500. The molecule has 0 spiro atoms. The molecule has 2 N–H and O–H groups in total. The molecule has 0 saturated carbocycles. The van der Waals surface area contributed by atoms with Crippen molar-refractivity contribution in [2.45, 2.75) is 32.7 Å². The molecule has 0 radical (unpaired) electrons. The van der Waals surface area contributed by atoms with E-state index in [1.165, 1.54) is 4.90 Å². The van der Waals surface area contributed by atoms with Crippen molar-refractivity contribution in [3.63, 3.8) is 0 Å². The highest BCUT2D eigenvalue weighted by atomic mass is 16.7. The summed E-state index contributed by atoms with van der Waals surface area (Å²) in [6, 6.07) is 4.69. The summed E-state index contributed by atoms with van der Waals surface area (Å²) in [5.41, 5.74) is -0.406. The first-order chi connectivity index (χ1) is 14.3. The smallest absolute Gasteiger partial charge is 0.325 e. The molecule has 10 heteroatoms. The van der Waals surface area contributed by atoms with E-state index in [-0.39, 0.29) is 32.2 Å². The lowest BCUT2D eigenvalue weighted by atomic mass is 9.92. The highest BCUT2D eigenvalue weighted by Crippen LogP contribution is 2.34. The minimum absolute atomic E-state index is 0.124. The van der Waals surface area contributed by atoms with Gasteiger partial charge in [-0.25, -0.2) is 4.79 Å². The standard InChI is InChI=1S/C20H26N4O6/c1-4-21-16(25)10-23(5-2)17(26)11-24-18(27)20(3,22-19(24)28)9-13-6-7-14-15(8-13)30-12-29-14/h6-8H,4-5,9-12H2,1-3H3,(H,21,25)(H,22,28)/t20-/m1/s1. The van der Waals surface area contributed by atoms with E-state index in [1.807, 2.05) is 0 Å². The molecule has 1 saturated heterocycles. The fourth-order valence-electron chi connectivity index (χ4n) is 3.51. The van der Waals surface area contributed by atoms with Crippen LogP contribution in [0.4, 0.5) is 4.79 Å². The van der Waals surface area contributed by atoms with Crippen LogP contribution in [0.2, 0.25) is 0 Å². The molecular formula is C20H26N4O6. The van der Waals surface area contributed by atoms with Gasteiger partial charge in [-0.3, -0.25) is 19.3 Å². The number of carbonyl (C=O) groups is 4. The zero-order chi connectivity index (χ0) is 21.9. The summed E-state index contributed by atoms with van der Waals surface area (Å²) < 4.78 is 10.6. The highest BCUT2D eigenvalue weighted by molar-refractivity contribution is 6.09. The van der Waals surface area contributed by atoms with Gasteiger partial charge in [-0.05, 0) is 38.5 Å². The van der Waals surface area contributed by atoms with E-state index in [0.29, 0.717) is 18.0 Å². The number of nitrogens with zero attached hydrogens (tertiary/aromatic N) is 2. The third-order valence-electron chi connectivity index (χ3n) is 5.08. The molecule has 0 aromatic heterocycles. The predicted octanol–water partition coefficient (Wildman–Crippen LogP) is 0.253. The third kappa shape index (κ3) is 4.32. The van der Waals surface area contributed by atoms with Crippen LogP contribution in [0.1, 0.15) is 26.3 Å². The van der Waals surface area contributed by atoms with Crippen LogP contribution in [0.3, 0.4) is 0 Å². The maximum absolute atomic E-state index is 13.0. The Labute approximate surface area is 174 Å². The average Bonchev–Trinajstić information content (AvgIpc) is 3.24. The lowest BCUT2D eigenvalue weighted by Gasteiger charge is -2.24. The number of nitrogens with one attached hydrogen (secondary N) is 2. The normalized spacial score (nSPS) is 19.6. The molecule has 1 atom stereocenters. The maximum Gasteiger partial charge on any atom is 0.325 e. The Kier molecular flexibility index (Phi) is 6.14. The number of likely N-dealkylation sites (N-methyl/N-ethyl adjacent to an activating group) is 2. The Morgan fingerprint density at radius 2 is 1.97 bits per heavy atom.